The van der Waals surface area contributed by atoms with Crippen LogP contribution in [0.1, 0.15) is 35.3 Å². The van der Waals surface area contributed by atoms with Crippen molar-refractivity contribution in [1.82, 2.24) is 4.72 Å². The number of hydrogen-bond donors (Lipinski definition) is 2. The minimum Gasteiger partial charge on any atom is -0.494 e. The Kier molecular flexibility index (Phi) is 8.09. The van der Waals surface area contributed by atoms with E-state index in [0.717, 1.165) is 0 Å². The van der Waals surface area contributed by atoms with Gasteiger partial charge in [-0.25, -0.2) is 8.42 Å². The van der Waals surface area contributed by atoms with Crippen LogP contribution in [-0.4, -0.2) is 32.8 Å². The molecule has 0 unspecified atom stereocenters. The van der Waals surface area contributed by atoms with Gasteiger partial charge < -0.3 is 10.1 Å². The van der Waals surface area contributed by atoms with Gasteiger partial charge in [0.05, 0.1) is 23.2 Å². The number of nitrogens with one attached hydrogen (secondary N) is 2. The van der Waals surface area contributed by atoms with Crippen LogP contribution in [0.5, 0.6) is 5.75 Å². The maximum atomic E-state index is 13.0. The number of benzene rings is 3. The number of sulfonamides is 1. The molecule has 0 heterocycles. The Morgan fingerprint density at radius 3 is 2.38 bits per heavy atom. The molecule has 0 fully saturated rings. The van der Waals surface area contributed by atoms with E-state index in [2.05, 4.69) is 10.0 Å². The molecule has 0 spiro atoms. The molecule has 7 nitrogen and oxygen atoms in total. The minimum atomic E-state index is -3.98. The first-order chi connectivity index (χ1) is 16.1. The van der Waals surface area contributed by atoms with Gasteiger partial charge in [-0.1, -0.05) is 41.9 Å². The molecule has 9 heteroatoms. The van der Waals surface area contributed by atoms with Crippen LogP contribution in [0.3, 0.4) is 0 Å². The Balaban J connectivity index is 1.78. The lowest BCUT2D eigenvalue weighted by molar-refractivity contribution is -0.117. The molecule has 0 aliphatic rings. The highest BCUT2D eigenvalue weighted by molar-refractivity contribution is 7.89. The minimum absolute atomic E-state index is 0.0135. The molecule has 0 saturated carbocycles. The average molecular weight is 501 g/mol. The van der Waals surface area contributed by atoms with Gasteiger partial charge in [0.1, 0.15) is 5.75 Å². The van der Waals surface area contributed by atoms with Crippen LogP contribution in [0.2, 0.25) is 5.02 Å². The predicted molar refractivity (Wildman–Crippen MR) is 132 cm³/mol. The molecule has 0 aliphatic heterocycles. The van der Waals surface area contributed by atoms with Gasteiger partial charge in [0.2, 0.25) is 15.9 Å². The highest BCUT2D eigenvalue weighted by Crippen LogP contribution is 2.25. The molecule has 1 atom stereocenters. The Bertz CT molecular complexity index is 1310. The van der Waals surface area contributed by atoms with E-state index in [9.17, 15) is 18.0 Å². The molecule has 1 amide bonds. The average Bonchev–Trinajstić information content (AvgIpc) is 2.81. The Labute approximate surface area is 204 Å². The van der Waals surface area contributed by atoms with E-state index < -0.39 is 22.0 Å². The number of halogens is 1. The molecule has 0 radical (unpaired) electrons. The molecule has 0 aromatic heterocycles. The van der Waals surface area contributed by atoms with Crippen molar-refractivity contribution in [3.05, 3.63) is 88.4 Å². The molecule has 0 saturated heterocycles. The first-order valence-electron chi connectivity index (χ1n) is 10.6. The van der Waals surface area contributed by atoms with Crippen LogP contribution >= 0.6 is 11.6 Å². The van der Waals surface area contributed by atoms with Crippen molar-refractivity contribution < 1.29 is 22.7 Å². The predicted octanol–water partition coefficient (Wildman–Crippen LogP) is 4.58. The largest absolute Gasteiger partial charge is 0.494 e. The van der Waals surface area contributed by atoms with Crippen LogP contribution in [-0.2, 0) is 14.8 Å². The molecule has 3 aromatic rings. The zero-order chi connectivity index (χ0) is 24.9. The van der Waals surface area contributed by atoms with E-state index in [-0.39, 0.29) is 21.9 Å². The van der Waals surface area contributed by atoms with Gasteiger partial charge in [-0.15, -0.1) is 0 Å². The Hall–Kier alpha value is -3.20. The van der Waals surface area contributed by atoms with Gasteiger partial charge in [0, 0.05) is 16.1 Å². The second-order valence-corrected chi connectivity index (χ2v) is 9.73. The number of hydrogen-bond acceptors (Lipinski definition) is 5. The quantitative estimate of drug-likeness (QED) is 0.419. The standard InChI is InChI=1S/C25H25ClN2O5S/c1-4-33-23-13-11-20(14-16(23)2)34(31,32)28-17(3)25(30)27-22-12-10-19(26)15-21(22)24(29)18-8-6-5-7-9-18/h5-15,17,28H,4H2,1-3H3,(H,27,30)/t17-/m0/s1. The van der Waals surface area contributed by atoms with E-state index >= 15 is 0 Å². The first kappa shape index (κ1) is 25.4. The summed E-state index contributed by atoms with van der Waals surface area (Å²) < 4.78 is 33.5. The fourth-order valence-electron chi connectivity index (χ4n) is 3.26. The summed E-state index contributed by atoms with van der Waals surface area (Å²) in [5.41, 5.74) is 1.52. The fourth-order valence-corrected chi connectivity index (χ4v) is 4.72. The van der Waals surface area contributed by atoms with Crippen LogP contribution in [0, 0.1) is 6.92 Å². The fraction of sp³-hybridized carbons (Fsp3) is 0.200. The molecule has 0 bridgehead atoms. The molecular weight excluding hydrogens is 476 g/mol. The van der Waals surface area contributed by atoms with Gasteiger partial charge in [0.25, 0.3) is 0 Å². The number of anilines is 1. The van der Waals surface area contributed by atoms with Crippen molar-refractivity contribution in [2.45, 2.75) is 31.7 Å². The highest BCUT2D eigenvalue weighted by Gasteiger charge is 2.24. The van der Waals surface area contributed by atoms with Crippen molar-refractivity contribution in [3.8, 4) is 5.75 Å². The summed E-state index contributed by atoms with van der Waals surface area (Å²) in [5.74, 6) is -0.363. The van der Waals surface area contributed by atoms with Crippen LogP contribution in [0.4, 0.5) is 5.69 Å². The number of ketones is 1. The van der Waals surface area contributed by atoms with E-state index in [1.165, 1.54) is 37.3 Å². The Morgan fingerprint density at radius 1 is 1.03 bits per heavy atom. The second kappa shape index (κ2) is 10.8. The van der Waals surface area contributed by atoms with Crippen molar-refractivity contribution in [3.63, 3.8) is 0 Å². The van der Waals surface area contributed by atoms with Gasteiger partial charge in [-0.3, -0.25) is 9.59 Å². The van der Waals surface area contributed by atoms with Crippen molar-refractivity contribution >= 4 is 39.0 Å². The normalized spacial score (nSPS) is 12.1. The number of aryl methyl sites for hydroxylation is 1. The van der Waals surface area contributed by atoms with Gasteiger partial charge in [-0.2, -0.15) is 4.72 Å². The lowest BCUT2D eigenvalue weighted by atomic mass is 10.0. The topological polar surface area (TPSA) is 102 Å². The number of amides is 1. The molecule has 3 rings (SSSR count). The summed E-state index contributed by atoms with van der Waals surface area (Å²) in [6, 6.07) is 16.4. The van der Waals surface area contributed by atoms with Crippen LogP contribution in [0.15, 0.2) is 71.6 Å². The first-order valence-corrected chi connectivity index (χ1v) is 12.4. The smallest absolute Gasteiger partial charge is 0.242 e. The zero-order valence-corrected chi connectivity index (χ0v) is 20.5. The van der Waals surface area contributed by atoms with Crippen molar-refractivity contribution in [2.24, 2.45) is 0 Å². The highest BCUT2D eigenvalue weighted by atomic mass is 35.5. The summed E-state index contributed by atoms with van der Waals surface area (Å²) >= 11 is 6.08. The number of carbonyl (C=O) groups excluding carboxylic acids is 2. The van der Waals surface area contributed by atoms with E-state index in [4.69, 9.17) is 16.3 Å². The van der Waals surface area contributed by atoms with Crippen molar-refractivity contribution in [1.29, 1.82) is 0 Å². The monoisotopic (exact) mass is 500 g/mol. The zero-order valence-electron chi connectivity index (χ0n) is 19.0. The third-order valence-electron chi connectivity index (χ3n) is 5.00. The Morgan fingerprint density at radius 2 is 1.74 bits per heavy atom. The summed E-state index contributed by atoms with van der Waals surface area (Å²) in [5, 5.41) is 2.96. The number of carbonyl (C=O) groups is 2. The van der Waals surface area contributed by atoms with Gasteiger partial charge >= 0.3 is 0 Å². The van der Waals surface area contributed by atoms with Crippen molar-refractivity contribution in [2.75, 3.05) is 11.9 Å². The van der Waals surface area contributed by atoms with Crippen LogP contribution in [0.25, 0.3) is 0 Å². The molecule has 178 valence electrons. The van der Waals surface area contributed by atoms with E-state index in [1.54, 1.807) is 43.3 Å². The SMILES string of the molecule is CCOc1ccc(S(=O)(=O)N[C@@H](C)C(=O)Nc2ccc(Cl)cc2C(=O)c2ccccc2)cc1C. The van der Waals surface area contributed by atoms with E-state index in [0.29, 0.717) is 28.5 Å². The number of rotatable bonds is 9. The summed E-state index contributed by atoms with van der Waals surface area (Å²) in [6.07, 6.45) is 0. The molecular formula is C25H25ClN2O5S. The van der Waals surface area contributed by atoms with Gasteiger partial charge in [-0.05, 0) is 62.7 Å². The molecule has 2 N–H and O–H groups in total. The lowest BCUT2D eigenvalue weighted by Crippen LogP contribution is -2.41. The molecule has 3 aromatic carbocycles. The number of ether oxygens (including phenoxy) is 1. The summed E-state index contributed by atoms with van der Waals surface area (Å²) in [7, 11) is -3.98. The third kappa shape index (κ3) is 6.02. The third-order valence-corrected chi connectivity index (χ3v) is 6.78. The van der Waals surface area contributed by atoms with E-state index in [1.807, 2.05) is 6.92 Å². The molecule has 0 aliphatic carbocycles. The summed E-state index contributed by atoms with van der Waals surface area (Å²) in [4.78, 5) is 25.8. The van der Waals surface area contributed by atoms with Gasteiger partial charge in [0.15, 0.2) is 5.78 Å². The lowest BCUT2D eigenvalue weighted by Gasteiger charge is -2.17. The van der Waals surface area contributed by atoms with Crippen LogP contribution < -0.4 is 14.8 Å². The summed E-state index contributed by atoms with van der Waals surface area (Å²) in [6.45, 7) is 5.46. The maximum Gasteiger partial charge on any atom is 0.242 e. The maximum absolute atomic E-state index is 13.0. The second-order valence-electron chi connectivity index (χ2n) is 7.58. The molecule has 34 heavy (non-hydrogen) atoms.